The Morgan fingerprint density at radius 3 is 2.76 bits per heavy atom. The van der Waals surface area contributed by atoms with Crippen molar-refractivity contribution in [1.29, 1.82) is 0 Å². The van der Waals surface area contributed by atoms with Gasteiger partial charge in [-0.15, -0.1) is 0 Å². The Kier molecular flexibility index (Phi) is 4.56. The monoisotopic (exact) mass is 348 g/mol. The van der Waals surface area contributed by atoms with Gasteiger partial charge in [0.25, 0.3) is 0 Å². The maximum atomic E-state index is 12.3. The van der Waals surface area contributed by atoms with E-state index in [2.05, 4.69) is 6.08 Å². The number of allylic oxidation sites excluding steroid dienone is 2. The molecule has 1 aliphatic heterocycles. The highest BCUT2D eigenvalue weighted by Gasteiger charge is 2.59. The van der Waals surface area contributed by atoms with Crippen molar-refractivity contribution in [1.82, 2.24) is 0 Å². The van der Waals surface area contributed by atoms with Gasteiger partial charge in [-0.25, -0.2) is 4.79 Å². The van der Waals surface area contributed by atoms with E-state index in [1.165, 1.54) is 6.08 Å². The van der Waals surface area contributed by atoms with Crippen LogP contribution in [0.1, 0.15) is 47.5 Å². The number of rotatable bonds is 2. The van der Waals surface area contributed by atoms with Crippen molar-refractivity contribution in [2.75, 3.05) is 0 Å². The number of fused-ring (bicyclic) bond motifs is 3. The normalized spacial score (nSPS) is 42.6. The molecule has 0 aromatic carbocycles. The summed E-state index contributed by atoms with van der Waals surface area (Å²) in [7, 11) is 0. The van der Waals surface area contributed by atoms with Crippen LogP contribution in [0.5, 0.6) is 0 Å². The molecule has 1 saturated heterocycles. The molecule has 1 N–H and O–H groups in total. The fourth-order valence-corrected chi connectivity index (χ4v) is 4.88. The molecule has 3 aliphatic rings. The summed E-state index contributed by atoms with van der Waals surface area (Å²) in [5, 5.41) is 11.1. The molecule has 2 fully saturated rings. The second-order valence-electron chi connectivity index (χ2n) is 8.34. The summed E-state index contributed by atoms with van der Waals surface area (Å²) in [6.45, 7) is 9.34. The molecule has 138 valence electrons. The molecule has 0 radical (unpaired) electrons. The largest absolute Gasteiger partial charge is 0.461 e. The van der Waals surface area contributed by atoms with E-state index in [0.29, 0.717) is 6.42 Å². The third kappa shape index (κ3) is 3.14. The molecule has 0 aromatic heterocycles. The van der Waals surface area contributed by atoms with Crippen LogP contribution in [-0.4, -0.2) is 34.9 Å². The van der Waals surface area contributed by atoms with E-state index in [-0.39, 0.29) is 35.7 Å². The van der Waals surface area contributed by atoms with Gasteiger partial charge in [-0.1, -0.05) is 24.1 Å². The fraction of sp³-hybridized carbons (Fsp3) is 0.700. The zero-order valence-corrected chi connectivity index (χ0v) is 15.6. The van der Waals surface area contributed by atoms with Gasteiger partial charge in [0.1, 0.15) is 12.2 Å². The van der Waals surface area contributed by atoms with Crippen molar-refractivity contribution in [3.05, 3.63) is 23.3 Å². The molecule has 7 atom stereocenters. The number of carbonyl (C=O) groups excluding carboxylic acids is 2. The van der Waals surface area contributed by atoms with Crippen molar-refractivity contribution >= 4 is 11.9 Å². The molecular weight excluding hydrogens is 320 g/mol. The van der Waals surface area contributed by atoms with Crippen molar-refractivity contribution < 1.29 is 24.2 Å². The molecule has 5 nitrogen and oxygen atoms in total. The average Bonchev–Trinajstić information content (AvgIpc) is 2.96. The molecule has 0 spiro atoms. The van der Waals surface area contributed by atoms with Gasteiger partial charge in [-0.05, 0) is 34.1 Å². The number of ether oxygens (including phenoxy) is 2. The first-order valence-corrected chi connectivity index (χ1v) is 9.07. The Labute approximate surface area is 149 Å². The van der Waals surface area contributed by atoms with Gasteiger partial charge in [-0.2, -0.15) is 0 Å². The van der Waals surface area contributed by atoms with Crippen LogP contribution in [0.25, 0.3) is 0 Å². The van der Waals surface area contributed by atoms with E-state index in [1.54, 1.807) is 0 Å². The van der Waals surface area contributed by atoms with E-state index in [9.17, 15) is 14.7 Å². The van der Waals surface area contributed by atoms with E-state index in [4.69, 9.17) is 9.47 Å². The lowest BCUT2D eigenvalue weighted by atomic mass is 9.76. The van der Waals surface area contributed by atoms with E-state index in [1.807, 2.05) is 34.6 Å². The zero-order chi connectivity index (χ0) is 18.5. The minimum Gasteiger partial charge on any atom is -0.461 e. The average molecular weight is 348 g/mol. The second kappa shape index (κ2) is 6.27. The summed E-state index contributed by atoms with van der Waals surface area (Å²) in [5.41, 5.74) is 1.02. The zero-order valence-electron chi connectivity index (χ0n) is 15.6. The third-order valence-electron chi connectivity index (χ3n) is 6.10. The predicted molar refractivity (Wildman–Crippen MR) is 92.4 cm³/mol. The Morgan fingerprint density at radius 1 is 1.44 bits per heavy atom. The second-order valence-corrected chi connectivity index (χ2v) is 8.34. The summed E-state index contributed by atoms with van der Waals surface area (Å²) >= 11 is 0. The first-order valence-electron chi connectivity index (χ1n) is 9.07. The van der Waals surface area contributed by atoms with Crippen LogP contribution < -0.4 is 0 Å². The molecule has 0 aromatic rings. The molecule has 25 heavy (non-hydrogen) atoms. The first kappa shape index (κ1) is 18.2. The molecule has 0 bridgehead atoms. The molecule has 0 amide bonds. The highest BCUT2D eigenvalue weighted by molar-refractivity contribution is 5.83. The van der Waals surface area contributed by atoms with Gasteiger partial charge in [0, 0.05) is 30.3 Å². The van der Waals surface area contributed by atoms with Crippen LogP contribution in [0, 0.1) is 23.7 Å². The number of esters is 2. The minimum absolute atomic E-state index is 0.0129. The van der Waals surface area contributed by atoms with Gasteiger partial charge in [-0.3, -0.25) is 4.79 Å². The van der Waals surface area contributed by atoms with Crippen LogP contribution in [0.2, 0.25) is 0 Å². The SMILES string of the molecule is CC(C)=CC(=O)O[C@H]1C[C@](C)(O)[C@H]2CC=C(C)[C@H]2[C@@H]2OC(=O)[C@H](C)[C@@H]21. The summed E-state index contributed by atoms with van der Waals surface area (Å²) in [6.07, 6.45) is 3.77. The summed E-state index contributed by atoms with van der Waals surface area (Å²) < 4.78 is 11.5. The lowest BCUT2D eigenvalue weighted by Gasteiger charge is -2.34. The van der Waals surface area contributed by atoms with Crippen molar-refractivity contribution in [3.63, 3.8) is 0 Å². The maximum absolute atomic E-state index is 12.3. The van der Waals surface area contributed by atoms with Crippen LogP contribution in [-0.2, 0) is 19.1 Å². The molecule has 2 aliphatic carbocycles. The van der Waals surface area contributed by atoms with Crippen LogP contribution in [0.4, 0.5) is 0 Å². The van der Waals surface area contributed by atoms with Crippen molar-refractivity contribution in [2.24, 2.45) is 23.7 Å². The van der Waals surface area contributed by atoms with Crippen molar-refractivity contribution in [2.45, 2.75) is 65.3 Å². The number of hydrogen-bond acceptors (Lipinski definition) is 5. The molecule has 3 rings (SSSR count). The van der Waals surface area contributed by atoms with Crippen molar-refractivity contribution in [3.8, 4) is 0 Å². The first-order chi connectivity index (χ1) is 11.6. The van der Waals surface area contributed by atoms with E-state index in [0.717, 1.165) is 17.6 Å². The molecular formula is C20H28O5. The van der Waals surface area contributed by atoms with Crippen LogP contribution in [0.15, 0.2) is 23.3 Å². The quantitative estimate of drug-likeness (QED) is 0.472. The Hall–Kier alpha value is -1.62. The topological polar surface area (TPSA) is 72.8 Å². The Morgan fingerprint density at radius 2 is 2.12 bits per heavy atom. The molecule has 5 heteroatoms. The number of aliphatic hydroxyl groups is 1. The van der Waals surface area contributed by atoms with Crippen LogP contribution in [0.3, 0.4) is 0 Å². The van der Waals surface area contributed by atoms with Gasteiger partial charge in [0.2, 0.25) is 0 Å². The van der Waals surface area contributed by atoms with E-state index >= 15 is 0 Å². The summed E-state index contributed by atoms with van der Waals surface area (Å²) in [5.74, 6) is -1.28. The lowest BCUT2D eigenvalue weighted by Crippen LogP contribution is -2.40. The number of carbonyl (C=O) groups is 2. The standard InChI is InChI=1S/C20H28O5/c1-10(2)8-15(21)24-14-9-20(5,23)13-7-6-11(3)16(13)18-17(14)12(4)19(22)25-18/h6,8,12-14,16-18,23H,7,9H2,1-5H3/t12-,13+,14+,16-,17-,18+,20+/m1/s1. The minimum atomic E-state index is -0.981. The molecule has 1 saturated carbocycles. The Bertz CT molecular complexity index is 640. The van der Waals surface area contributed by atoms with E-state index < -0.39 is 17.7 Å². The summed E-state index contributed by atoms with van der Waals surface area (Å²) in [4.78, 5) is 24.5. The molecule has 0 unspecified atom stereocenters. The number of hydrogen-bond donors (Lipinski definition) is 1. The van der Waals surface area contributed by atoms with Gasteiger partial charge in [0.05, 0.1) is 11.5 Å². The van der Waals surface area contributed by atoms with Gasteiger partial charge >= 0.3 is 11.9 Å². The Balaban J connectivity index is 1.98. The lowest BCUT2D eigenvalue weighted by molar-refractivity contribution is -0.151. The molecule has 1 heterocycles. The predicted octanol–water partition coefficient (Wildman–Crippen LogP) is 2.78. The maximum Gasteiger partial charge on any atom is 0.330 e. The highest BCUT2D eigenvalue weighted by atomic mass is 16.6. The smallest absolute Gasteiger partial charge is 0.330 e. The van der Waals surface area contributed by atoms with Gasteiger partial charge < -0.3 is 14.6 Å². The highest BCUT2D eigenvalue weighted by Crippen LogP contribution is 2.53. The third-order valence-corrected chi connectivity index (χ3v) is 6.10. The fourth-order valence-electron chi connectivity index (χ4n) is 4.88. The van der Waals surface area contributed by atoms with Gasteiger partial charge in [0.15, 0.2) is 0 Å². The summed E-state index contributed by atoms with van der Waals surface area (Å²) in [6, 6.07) is 0. The van der Waals surface area contributed by atoms with Crippen LogP contribution >= 0.6 is 0 Å².